The lowest BCUT2D eigenvalue weighted by Crippen LogP contribution is -2.15. The van der Waals surface area contributed by atoms with Crippen LogP contribution in [0, 0.1) is 5.82 Å². The molecule has 0 unspecified atom stereocenters. The van der Waals surface area contributed by atoms with E-state index in [0.717, 1.165) is 7.11 Å². The monoisotopic (exact) mass is 462 g/mol. The third-order valence-corrected chi connectivity index (χ3v) is 4.95. The first kappa shape index (κ1) is 20.5. The standard InChI is InChI=1S/C20H16BrFN2O5/c1-27-13-10-9-12(22)14(16(13)21)17-15(19(25)28-2)18(20(26)29-3)24(23-17)11-7-5-4-6-8-11/h4-10H,1-3H3. The quantitative estimate of drug-likeness (QED) is 0.532. The van der Waals surface area contributed by atoms with Crippen LogP contribution in [0.25, 0.3) is 16.9 Å². The molecule has 3 rings (SSSR count). The zero-order valence-electron chi connectivity index (χ0n) is 15.7. The van der Waals surface area contributed by atoms with E-state index in [1.807, 2.05) is 0 Å². The third-order valence-electron chi connectivity index (χ3n) is 4.17. The van der Waals surface area contributed by atoms with E-state index < -0.39 is 17.8 Å². The molecule has 0 fully saturated rings. The number of hydrogen-bond donors (Lipinski definition) is 0. The molecular weight excluding hydrogens is 447 g/mol. The first-order valence-corrected chi connectivity index (χ1v) is 9.11. The summed E-state index contributed by atoms with van der Waals surface area (Å²) in [5.74, 6) is -2.04. The van der Waals surface area contributed by atoms with Gasteiger partial charge in [-0.2, -0.15) is 5.10 Å². The number of aromatic nitrogens is 2. The highest BCUT2D eigenvalue weighted by Gasteiger charge is 2.33. The van der Waals surface area contributed by atoms with E-state index in [-0.39, 0.29) is 27.0 Å². The largest absolute Gasteiger partial charge is 0.496 e. The van der Waals surface area contributed by atoms with E-state index in [4.69, 9.17) is 14.2 Å². The van der Waals surface area contributed by atoms with Gasteiger partial charge in [0.05, 0.1) is 37.1 Å². The van der Waals surface area contributed by atoms with Crippen molar-refractivity contribution in [2.45, 2.75) is 0 Å². The van der Waals surface area contributed by atoms with Crippen LogP contribution >= 0.6 is 15.9 Å². The fourth-order valence-corrected chi connectivity index (χ4v) is 3.51. The summed E-state index contributed by atoms with van der Waals surface area (Å²) < 4.78 is 31.2. The van der Waals surface area contributed by atoms with E-state index in [2.05, 4.69) is 21.0 Å². The molecule has 7 nitrogen and oxygen atoms in total. The highest BCUT2D eigenvalue weighted by Crippen LogP contribution is 2.40. The SMILES string of the molecule is COC(=O)c1c(-c2c(F)ccc(OC)c2Br)nn(-c2ccccc2)c1C(=O)OC. The summed E-state index contributed by atoms with van der Waals surface area (Å²) in [5.41, 5.74) is -0.0802. The van der Waals surface area contributed by atoms with Gasteiger partial charge in [-0.15, -0.1) is 0 Å². The van der Waals surface area contributed by atoms with Gasteiger partial charge in [-0.3, -0.25) is 0 Å². The highest BCUT2D eigenvalue weighted by molar-refractivity contribution is 9.10. The van der Waals surface area contributed by atoms with Crippen LogP contribution in [0.3, 0.4) is 0 Å². The Morgan fingerprint density at radius 2 is 1.66 bits per heavy atom. The Morgan fingerprint density at radius 1 is 1.00 bits per heavy atom. The lowest BCUT2D eigenvalue weighted by molar-refractivity contribution is 0.0549. The number of hydrogen-bond acceptors (Lipinski definition) is 6. The number of carbonyl (C=O) groups is 2. The molecule has 9 heteroatoms. The first-order valence-electron chi connectivity index (χ1n) is 8.32. The van der Waals surface area contributed by atoms with Crippen molar-refractivity contribution < 1.29 is 28.2 Å². The molecule has 0 N–H and O–H groups in total. The van der Waals surface area contributed by atoms with Gasteiger partial charge in [-0.25, -0.2) is 18.7 Å². The van der Waals surface area contributed by atoms with Crippen LogP contribution in [0.4, 0.5) is 4.39 Å². The number of rotatable bonds is 5. The van der Waals surface area contributed by atoms with Crippen molar-refractivity contribution in [2.75, 3.05) is 21.3 Å². The first-order chi connectivity index (χ1) is 13.9. The summed E-state index contributed by atoms with van der Waals surface area (Å²) in [6.45, 7) is 0. The van der Waals surface area contributed by atoms with Crippen molar-refractivity contribution in [1.82, 2.24) is 9.78 Å². The van der Waals surface area contributed by atoms with Crippen LogP contribution in [0.1, 0.15) is 20.8 Å². The van der Waals surface area contributed by atoms with Crippen LogP contribution in [-0.4, -0.2) is 43.0 Å². The number of benzene rings is 2. The Labute approximate surface area is 174 Å². The Balaban J connectivity index is 2.44. The molecule has 0 saturated heterocycles. The number of carbonyl (C=O) groups excluding carboxylic acids is 2. The predicted octanol–water partition coefficient (Wildman–Crippen LogP) is 4.02. The second kappa shape index (κ2) is 8.44. The number of ether oxygens (including phenoxy) is 3. The van der Waals surface area contributed by atoms with Crippen molar-refractivity contribution >= 4 is 27.9 Å². The minimum Gasteiger partial charge on any atom is -0.496 e. The second-order valence-electron chi connectivity index (χ2n) is 5.74. The number of para-hydroxylation sites is 1. The van der Waals surface area contributed by atoms with Gasteiger partial charge >= 0.3 is 11.9 Å². The predicted molar refractivity (Wildman–Crippen MR) is 106 cm³/mol. The van der Waals surface area contributed by atoms with Crippen LogP contribution in [-0.2, 0) is 9.47 Å². The molecule has 1 heterocycles. The Bertz CT molecular complexity index is 1080. The third kappa shape index (κ3) is 3.61. The molecule has 0 spiro atoms. The summed E-state index contributed by atoms with van der Waals surface area (Å²) in [6.07, 6.45) is 0. The topological polar surface area (TPSA) is 79.7 Å². The molecule has 0 aliphatic rings. The van der Waals surface area contributed by atoms with E-state index in [1.165, 1.54) is 31.0 Å². The van der Waals surface area contributed by atoms with Crippen molar-refractivity contribution in [2.24, 2.45) is 0 Å². The molecule has 150 valence electrons. The van der Waals surface area contributed by atoms with Crippen LogP contribution in [0.15, 0.2) is 46.9 Å². The molecule has 29 heavy (non-hydrogen) atoms. The van der Waals surface area contributed by atoms with Gasteiger partial charge in [0.1, 0.15) is 22.8 Å². The van der Waals surface area contributed by atoms with Crippen LogP contribution in [0.5, 0.6) is 5.75 Å². The van der Waals surface area contributed by atoms with Gasteiger partial charge in [-0.1, -0.05) is 18.2 Å². The maximum absolute atomic E-state index is 14.8. The molecule has 0 atom stereocenters. The molecule has 0 radical (unpaired) electrons. The molecule has 0 amide bonds. The summed E-state index contributed by atoms with van der Waals surface area (Å²) in [5, 5.41) is 4.38. The minimum absolute atomic E-state index is 0.0513. The van der Waals surface area contributed by atoms with Crippen molar-refractivity contribution in [3.63, 3.8) is 0 Å². The Kier molecular flexibility index (Phi) is 5.97. The summed E-state index contributed by atoms with van der Waals surface area (Å²) in [6, 6.07) is 11.2. The maximum Gasteiger partial charge on any atom is 0.357 e. The lowest BCUT2D eigenvalue weighted by Gasteiger charge is -2.10. The minimum atomic E-state index is -0.864. The average molecular weight is 463 g/mol. The van der Waals surface area contributed by atoms with E-state index in [1.54, 1.807) is 30.3 Å². The van der Waals surface area contributed by atoms with Gasteiger partial charge in [0.25, 0.3) is 0 Å². The second-order valence-corrected chi connectivity index (χ2v) is 6.53. The van der Waals surface area contributed by atoms with Gasteiger partial charge in [0.15, 0.2) is 5.69 Å². The van der Waals surface area contributed by atoms with E-state index >= 15 is 0 Å². The smallest absolute Gasteiger partial charge is 0.357 e. The van der Waals surface area contributed by atoms with Crippen molar-refractivity contribution in [3.05, 3.63) is 64.0 Å². The van der Waals surface area contributed by atoms with E-state index in [9.17, 15) is 14.0 Å². The van der Waals surface area contributed by atoms with Gasteiger partial charge in [0, 0.05) is 0 Å². The molecule has 0 bridgehead atoms. The summed E-state index contributed by atoms with van der Waals surface area (Å²) in [7, 11) is 3.75. The molecule has 0 saturated carbocycles. The lowest BCUT2D eigenvalue weighted by atomic mass is 10.0. The number of nitrogens with zero attached hydrogens (tertiary/aromatic N) is 2. The zero-order valence-corrected chi connectivity index (χ0v) is 17.3. The molecular formula is C20H16BrFN2O5. The number of halogens is 2. The average Bonchev–Trinajstić information content (AvgIpc) is 3.13. The zero-order chi connectivity index (χ0) is 21.1. The summed E-state index contributed by atoms with van der Waals surface area (Å²) in [4.78, 5) is 25.2. The van der Waals surface area contributed by atoms with Crippen molar-refractivity contribution in [3.8, 4) is 22.7 Å². The molecule has 1 aromatic heterocycles. The number of methoxy groups -OCH3 is 3. The fourth-order valence-electron chi connectivity index (χ4n) is 2.84. The highest BCUT2D eigenvalue weighted by atomic mass is 79.9. The maximum atomic E-state index is 14.8. The molecule has 2 aromatic carbocycles. The van der Waals surface area contributed by atoms with Gasteiger partial charge in [0.2, 0.25) is 0 Å². The fraction of sp³-hybridized carbons (Fsp3) is 0.150. The molecule has 0 aliphatic carbocycles. The van der Waals surface area contributed by atoms with Crippen LogP contribution in [0.2, 0.25) is 0 Å². The van der Waals surface area contributed by atoms with Crippen molar-refractivity contribution in [1.29, 1.82) is 0 Å². The number of esters is 2. The van der Waals surface area contributed by atoms with Crippen LogP contribution < -0.4 is 4.74 Å². The van der Waals surface area contributed by atoms with Gasteiger partial charge in [-0.05, 0) is 40.2 Å². The van der Waals surface area contributed by atoms with E-state index in [0.29, 0.717) is 11.4 Å². The molecule has 0 aliphatic heterocycles. The normalized spacial score (nSPS) is 10.5. The Hall–Kier alpha value is -3.20. The molecule has 3 aromatic rings. The summed E-state index contributed by atoms with van der Waals surface area (Å²) >= 11 is 3.30. The van der Waals surface area contributed by atoms with Gasteiger partial charge < -0.3 is 14.2 Å². The Morgan fingerprint density at radius 3 is 2.24 bits per heavy atom.